The smallest absolute Gasteiger partial charge is 0.305 e. The number of benzene rings is 2. The lowest BCUT2D eigenvalue weighted by atomic mass is 9.74. The molecule has 3 rings (SSSR count). The molecular formula is C25H32NO8S2-. The molecule has 0 aliphatic carbocycles. The van der Waals surface area contributed by atoms with E-state index < -0.39 is 31.4 Å². The van der Waals surface area contributed by atoms with Crippen molar-refractivity contribution in [2.24, 2.45) is 0 Å². The molecule has 198 valence electrons. The van der Waals surface area contributed by atoms with Gasteiger partial charge in [-0.15, -0.1) is 0 Å². The first-order valence-corrected chi connectivity index (χ1v) is 14.8. The van der Waals surface area contributed by atoms with E-state index in [2.05, 4.69) is 6.92 Å². The molecule has 0 fully saturated rings. The van der Waals surface area contributed by atoms with Crippen LogP contribution in [0.25, 0.3) is 10.8 Å². The van der Waals surface area contributed by atoms with Gasteiger partial charge in [-0.25, -0.2) is 16.8 Å². The van der Waals surface area contributed by atoms with Crippen molar-refractivity contribution < 1.29 is 40.0 Å². The number of hydrogen-bond acceptors (Lipinski definition) is 8. The summed E-state index contributed by atoms with van der Waals surface area (Å²) in [5.41, 5.74) is 2.77. The zero-order valence-corrected chi connectivity index (χ0v) is 22.6. The van der Waals surface area contributed by atoms with Crippen LogP contribution in [0.15, 0.2) is 29.2 Å². The number of nitrogens with zero attached hydrogens (tertiary/aromatic N) is 1. The number of fused-ring (bicyclic) bond motifs is 3. The number of hydrogen-bond donors (Lipinski definition) is 0. The fourth-order valence-electron chi connectivity index (χ4n) is 5.21. The molecule has 0 aromatic heterocycles. The zero-order valence-electron chi connectivity index (χ0n) is 21.0. The summed E-state index contributed by atoms with van der Waals surface area (Å²) in [4.78, 5) is 11.1. The van der Waals surface area contributed by atoms with Crippen molar-refractivity contribution in [2.75, 3.05) is 19.4 Å². The quantitative estimate of drug-likeness (QED) is 0.183. The van der Waals surface area contributed by atoms with Crippen molar-refractivity contribution in [1.29, 1.82) is 0 Å². The first-order valence-electron chi connectivity index (χ1n) is 11.8. The van der Waals surface area contributed by atoms with E-state index in [1.165, 1.54) is 19.2 Å². The summed E-state index contributed by atoms with van der Waals surface area (Å²) in [6.45, 7) is 6.07. The second kappa shape index (κ2) is 10.6. The fraction of sp³-hybridized carbons (Fsp3) is 0.520. The monoisotopic (exact) mass is 538 g/mol. The maximum absolute atomic E-state index is 11.9. The topological polar surface area (TPSA) is 144 Å². The van der Waals surface area contributed by atoms with E-state index >= 15 is 0 Å². The zero-order chi connectivity index (χ0) is 26.9. The number of ether oxygens (including phenoxy) is 1. The summed E-state index contributed by atoms with van der Waals surface area (Å²) in [6, 6.07) is 6.60. The van der Waals surface area contributed by atoms with Crippen LogP contribution in [-0.2, 0) is 35.2 Å². The van der Waals surface area contributed by atoms with Gasteiger partial charge in [-0.2, -0.15) is 4.58 Å². The summed E-state index contributed by atoms with van der Waals surface area (Å²) in [5, 5.41) is 1.49. The second-order valence-corrected chi connectivity index (χ2v) is 12.5. The van der Waals surface area contributed by atoms with Crippen LogP contribution >= 0.6 is 0 Å². The van der Waals surface area contributed by atoms with Crippen molar-refractivity contribution >= 4 is 48.4 Å². The minimum absolute atomic E-state index is 0.143. The first-order chi connectivity index (χ1) is 16.7. The van der Waals surface area contributed by atoms with E-state index in [0.29, 0.717) is 36.8 Å². The molecule has 0 saturated heterocycles. The lowest BCUT2D eigenvalue weighted by molar-refractivity contribution is -0.438. The molecule has 1 heterocycles. The van der Waals surface area contributed by atoms with Crippen LogP contribution in [0, 0.1) is 6.92 Å². The fourth-order valence-corrected chi connectivity index (χ4v) is 6.27. The Balaban J connectivity index is 2.09. The van der Waals surface area contributed by atoms with Gasteiger partial charge in [0.15, 0.2) is 5.71 Å². The third kappa shape index (κ3) is 5.96. The van der Waals surface area contributed by atoms with Crippen LogP contribution in [0.1, 0.15) is 63.5 Å². The SMILES string of the molecule is COC(=O)CCCCCC1(C)C(C)=[N+](CCCS(=O)(=O)[O-])c2ccc3c(C)cc(S(=O)(=O)[O-])cc3c21. The van der Waals surface area contributed by atoms with Gasteiger partial charge in [-0.1, -0.05) is 12.8 Å². The van der Waals surface area contributed by atoms with Gasteiger partial charge in [0, 0.05) is 37.1 Å². The molecule has 0 spiro atoms. The van der Waals surface area contributed by atoms with Crippen molar-refractivity contribution in [2.45, 2.75) is 69.6 Å². The number of unbranched alkanes of at least 4 members (excludes halogenated alkanes) is 2. The third-order valence-electron chi connectivity index (χ3n) is 7.19. The highest BCUT2D eigenvalue weighted by molar-refractivity contribution is 7.86. The Morgan fingerprint density at radius 2 is 1.69 bits per heavy atom. The molecule has 0 saturated carbocycles. The first kappa shape index (κ1) is 28.2. The van der Waals surface area contributed by atoms with Gasteiger partial charge in [0.25, 0.3) is 0 Å². The Hall–Kier alpha value is -2.34. The summed E-state index contributed by atoms with van der Waals surface area (Å²) < 4.78 is 75.9. The molecule has 36 heavy (non-hydrogen) atoms. The van der Waals surface area contributed by atoms with Gasteiger partial charge >= 0.3 is 5.97 Å². The Morgan fingerprint density at radius 3 is 2.31 bits per heavy atom. The maximum Gasteiger partial charge on any atom is 0.305 e. The van der Waals surface area contributed by atoms with E-state index in [4.69, 9.17) is 4.74 Å². The molecule has 0 N–H and O–H groups in total. The van der Waals surface area contributed by atoms with Gasteiger partial charge in [-0.05, 0) is 61.2 Å². The average molecular weight is 539 g/mol. The molecule has 1 aliphatic heterocycles. The van der Waals surface area contributed by atoms with Crippen molar-refractivity contribution in [3.63, 3.8) is 0 Å². The summed E-state index contributed by atoms with van der Waals surface area (Å²) >= 11 is 0. The van der Waals surface area contributed by atoms with Crippen molar-refractivity contribution in [3.8, 4) is 0 Å². The van der Waals surface area contributed by atoms with Crippen LogP contribution in [0.3, 0.4) is 0 Å². The van der Waals surface area contributed by atoms with Crippen LogP contribution in [0.5, 0.6) is 0 Å². The van der Waals surface area contributed by atoms with Gasteiger partial charge < -0.3 is 13.8 Å². The van der Waals surface area contributed by atoms with Crippen molar-refractivity contribution in [3.05, 3.63) is 35.4 Å². The molecule has 2 aromatic carbocycles. The Kier molecular flexibility index (Phi) is 8.29. The van der Waals surface area contributed by atoms with Crippen LogP contribution in [-0.4, -0.2) is 61.6 Å². The number of aryl methyl sites for hydroxylation is 1. The molecular weight excluding hydrogens is 506 g/mol. The predicted molar refractivity (Wildman–Crippen MR) is 134 cm³/mol. The normalized spacial score (nSPS) is 18.1. The highest BCUT2D eigenvalue weighted by atomic mass is 32.2. The predicted octanol–water partition coefficient (Wildman–Crippen LogP) is 3.49. The molecule has 2 aromatic rings. The van der Waals surface area contributed by atoms with Gasteiger partial charge in [0.1, 0.15) is 16.7 Å². The minimum atomic E-state index is -4.68. The Morgan fingerprint density at radius 1 is 1.00 bits per heavy atom. The largest absolute Gasteiger partial charge is 0.748 e. The third-order valence-corrected chi connectivity index (χ3v) is 8.79. The highest BCUT2D eigenvalue weighted by Gasteiger charge is 2.47. The number of esters is 1. The lowest BCUT2D eigenvalue weighted by Gasteiger charge is -2.24. The Labute approximate surface area is 212 Å². The minimum Gasteiger partial charge on any atom is -0.748 e. The van der Waals surface area contributed by atoms with Gasteiger partial charge in [0.2, 0.25) is 5.69 Å². The molecule has 0 amide bonds. The summed E-state index contributed by atoms with van der Waals surface area (Å²) in [5.74, 6) is -0.746. The van der Waals surface area contributed by atoms with E-state index in [9.17, 15) is 30.7 Å². The number of carbonyl (C=O) groups is 1. The van der Waals surface area contributed by atoms with Gasteiger partial charge in [0.05, 0.1) is 27.5 Å². The molecule has 1 unspecified atom stereocenters. The van der Waals surface area contributed by atoms with Gasteiger partial charge in [-0.3, -0.25) is 4.79 Å². The molecule has 0 radical (unpaired) electrons. The second-order valence-electron chi connectivity index (χ2n) is 9.57. The summed E-state index contributed by atoms with van der Waals surface area (Å²) in [6.07, 6.45) is 3.40. The number of rotatable bonds is 11. The van der Waals surface area contributed by atoms with E-state index in [1.807, 2.05) is 23.6 Å². The Bertz CT molecular complexity index is 1430. The van der Waals surface area contributed by atoms with Crippen LogP contribution < -0.4 is 0 Å². The van der Waals surface area contributed by atoms with Crippen molar-refractivity contribution in [1.82, 2.24) is 0 Å². The molecule has 1 aliphatic rings. The summed E-state index contributed by atoms with van der Waals surface area (Å²) in [7, 11) is -7.68. The van der Waals surface area contributed by atoms with Crippen LogP contribution in [0.4, 0.5) is 5.69 Å². The molecule has 11 heteroatoms. The van der Waals surface area contributed by atoms with E-state index in [0.717, 1.165) is 35.2 Å². The standard InChI is InChI=1S/C25H33NO8S2/c1-17-15-19(36(31,32)33)16-21-20(17)10-11-22-24(21)25(3,12-7-5-6-9-23(27)34-4)18(2)26(22)13-8-14-35(28,29)30/h10-11,15-16H,5-9,12-14H2,1-4H3,(H-,28,29,30,31,32,33)/p-1. The number of carbonyl (C=O) groups excluding carboxylic acids is 1. The van der Waals surface area contributed by atoms with E-state index in [1.54, 1.807) is 6.92 Å². The lowest BCUT2D eigenvalue weighted by Crippen LogP contribution is -2.31. The van der Waals surface area contributed by atoms with E-state index in [-0.39, 0.29) is 17.3 Å². The molecule has 9 nitrogen and oxygen atoms in total. The average Bonchev–Trinajstić information content (AvgIpc) is 2.99. The molecule has 1 atom stereocenters. The maximum atomic E-state index is 11.9. The molecule has 0 bridgehead atoms. The van der Waals surface area contributed by atoms with Crippen LogP contribution in [0.2, 0.25) is 0 Å². The number of methoxy groups -OCH3 is 1. The highest BCUT2D eigenvalue weighted by Crippen LogP contribution is 2.47.